The third-order valence-electron chi connectivity index (χ3n) is 6.56. The van der Waals surface area contributed by atoms with Crippen molar-refractivity contribution < 1.29 is 18.0 Å². The lowest BCUT2D eigenvalue weighted by atomic mass is 10.1. The maximum absolute atomic E-state index is 12.9. The van der Waals surface area contributed by atoms with E-state index in [1.165, 1.54) is 29.2 Å². The van der Waals surface area contributed by atoms with E-state index in [-0.39, 0.29) is 15.7 Å². The first kappa shape index (κ1) is 27.5. The van der Waals surface area contributed by atoms with E-state index in [0.717, 1.165) is 54.0 Å². The summed E-state index contributed by atoms with van der Waals surface area (Å²) in [4.78, 5) is 27.7. The lowest BCUT2D eigenvalue weighted by Gasteiger charge is -2.13. The summed E-state index contributed by atoms with van der Waals surface area (Å²) in [7, 11) is 2.01. The lowest BCUT2D eigenvalue weighted by molar-refractivity contribution is -0.135. The molecular weight excluding hydrogens is 517 g/mol. The summed E-state index contributed by atoms with van der Waals surface area (Å²) < 4.78 is 41.1. The van der Waals surface area contributed by atoms with Gasteiger partial charge in [-0.15, -0.1) is 11.3 Å². The van der Waals surface area contributed by atoms with Crippen LogP contribution in [0, 0.1) is 11.3 Å². The number of carbonyl (C=O) groups excluding carboxylic acids is 1. The summed E-state index contributed by atoms with van der Waals surface area (Å²) in [6.45, 7) is 3.52. The second kappa shape index (κ2) is 11.4. The number of benzene rings is 1. The molecule has 1 aromatic carbocycles. The van der Waals surface area contributed by atoms with E-state index >= 15 is 0 Å². The molecule has 2 aromatic heterocycles. The molecule has 1 amide bonds. The van der Waals surface area contributed by atoms with E-state index < -0.39 is 29.8 Å². The SMILES string of the molecule is CCn1c(=O)/c(=C/Nc2ccc3c(c2)c(CCN2CCCC2)cn3C)s/c1=C(\C#N)C(=O)NCC(F)(F)F. The number of nitrogens with one attached hydrogen (secondary N) is 2. The highest BCUT2D eigenvalue weighted by atomic mass is 32.1. The highest BCUT2D eigenvalue weighted by molar-refractivity contribution is 7.07. The largest absolute Gasteiger partial charge is 0.405 e. The molecule has 3 aromatic rings. The summed E-state index contributed by atoms with van der Waals surface area (Å²) in [6, 6.07) is 7.57. The van der Waals surface area contributed by atoms with Crippen LogP contribution in [0.25, 0.3) is 22.7 Å². The van der Waals surface area contributed by atoms with Crippen LogP contribution in [0.4, 0.5) is 18.9 Å². The van der Waals surface area contributed by atoms with Crippen LogP contribution in [0.5, 0.6) is 0 Å². The number of likely N-dealkylation sites (tertiary alicyclic amines) is 1. The number of carbonyl (C=O) groups is 1. The number of anilines is 1. The summed E-state index contributed by atoms with van der Waals surface area (Å²) in [6.07, 6.45) is 2.45. The number of aryl methyl sites for hydroxylation is 1. The molecule has 0 unspecified atom stereocenters. The van der Waals surface area contributed by atoms with Crippen LogP contribution >= 0.6 is 11.3 Å². The van der Waals surface area contributed by atoms with Gasteiger partial charge in [0.25, 0.3) is 11.5 Å². The molecule has 1 aliphatic rings. The molecule has 0 atom stereocenters. The zero-order valence-electron chi connectivity index (χ0n) is 21.2. The van der Waals surface area contributed by atoms with Gasteiger partial charge >= 0.3 is 6.18 Å². The number of rotatable bonds is 8. The first-order valence-electron chi connectivity index (χ1n) is 12.4. The summed E-state index contributed by atoms with van der Waals surface area (Å²) in [5.74, 6) is -1.18. The van der Waals surface area contributed by atoms with Crippen molar-refractivity contribution in [2.24, 2.45) is 7.05 Å². The molecule has 12 heteroatoms. The Hall–Kier alpha value is -3.56. The van der Waals surface area contributed by atoms with Gasteiger partial charge in [-0.2, -0.15) is 18.4 Å². The summed E-state index contributed by atoms with van der Waals surface area (Å²) in [5, 5.41) is 15.4. The number of nitrogens with zero attached hydrogens (tertiary/aromatic N) is 4. The van der Waals surface area contributed by atoms with Gasteiger partial charge in [-0.3, -0.25) is 14.2 Å². The monoisotopic (exact) mass is 546 g/mol. The average Bonchev–Trinajstić information content (AvgIpc) is 3.58. The first-order chi connectivity index (χ1) is 18.1. The summed E-state index contributed by atoms with van der Waals surface area (Å²) >= 11 is 0.879. The van der Waals surface area contributed by atoms with Gasteiger partial charge < -0.3 is 20.1 Å². The van der Waals surface area contributed by atoms with E-state index in [1.807, 2.05) is 25.2 Å². The maximum atomic E-state index is 12.9. The van der Waals surface area contributed by atoms with Gasteiger partial charge in [0.15, 0.2) is 5.57 Å². The average molecular weight is 547 g/mol. The van der Waals surface area contributed by atoms with Crippen LogP contribution < -0.4 is 25.4 Å². The van der Waals surface area contributed by atoms with E-state index in [1.54, 1.807) is 18.3 Å². The van der Waals surface area contributed by atoms with E-state index in [4.69, 9.17) is 0 Å². The number of halogens is 3. The number of thiazole rings is 1. The standard InChI is InChI=1S/C26H29F3N6O2S/c1-3-35-24(37)22(38-25(35)20(13-30)23(36)32-16-26(27,28)29)14-31-18-6-7-21-19(12-18)17(15-33(21)2)8-11-34-9-4-5-10-34/h6-7,12,14-15,31H,3-5,8-11,16H2,1-2H3,(H,32,36)/b22-14-,25-20+. The minimum absolute atomic E-state index is 0.00966. The van der Waals surface area contributed by atoms with Gasteiger partial charge in [-0.05, 0) is 63.0 Å². The Morgan fingerprint density at radius 3 is 2.66 bits per heavy atom. The number of alkyl halides is 3. The van der Waals surface area contributed by atoms with Crippen molar-refractivity contribution in [1.82, 2.24) is 19.4 Å². The molecule has 1 saturated heterocycles. The van der Waals surface area contributed by atoms with Gasteiger partial charge in [-0.25, -0.2) is 0 Å². The molecule has 0 bridgehead atoms. The molecule has 1 aliphatic heterocycles. The van der Waals surface area contributed by atoms with Gasteiger partial charge in [0.05, 0.1) is 0 Å². The summed E-state index contributed by atoms with van der Waals surface area (Å²) in [5.41, 5.74) is 2.12. The quantitative estimate of drug-likeness (QED) is 0.452. The van der Waals surface area contributed by atoms with Crippen molar-refractivity contribution in [2.45, 2.75) is 38.9 Å². The molecular formula is C26H29F3N6O2S. The molecule has 202 valence electrons. The highest BCUT2D eigenvalue weighted by Gasteiger charge is 2.29. The van der Waals surface area contributed by atoms with Gasteiger partial charge in [0, 0.05) is 49.1 Å². The molecule has 4 rings (SSSR count). The Kier molecular flexibility index (Phi) is 8.28. The van der Waals surface area contributed by atoms with Crippen LogP contribution in [0.1, 0.15) is 25.3 Å². The van der Waals surface area contributed by atoms with Crippen LogP contribution in [0.2, 0.25) is 0 Å². The molecule has 38 heavy (non-hydrogen) atoms. The Balaban J connectivity index is 1.63. The number of amides is 1. The van der Waals surface area contributed by atoms with E-state index in [9.17, 15) is 28.0 Å². The highest BCUT2D eigenvalue weighted by Crippen LogP contribution is 2.25. The maximum Gasteiger partial charge on any atom is 0.405 e. The Morgan fingerprint density at radius 1 is 1.26 bits per heavy atom. The molecule has 8 nitrogen and oxygen atoms in total. The predicted molar refractivity (Wildman–Crippen MR) is 142 cm³/mol. The number of hydrogen-bond acceptors (Lipinski definition) is 6. The number of fused-ring (bicyclic) bond motifs is 1. The zero-order chi connectivity index (χ0) is 27.4. The van der Waals surface area contributed by atoms with Crippen molar-refractivity contribution in [3.63, 3.8) is 0 Å². The fourth-order valence-electron chi connectivity index (χ4n) is 4.65. The van der Waals surface area contributed by atoms with Gasteiger partial charge in [0.1, 0.15) is 21.8 Å². The van der Waals surface area contributed by atoms with Crippen LogP contribution in [-0.2, 0) is 24.8 Å². The molecule has 0 radical (unpaired) electrons. The Labute approximate surface area is 221 Å². The topological polar surface area (TPSA) is 95.1 Å². The zero-order valence-corrected chi connectivity index (χ0v) is 22.0. The normalized spacial score (nSPS) is 15.6. The second-order valence-electron chi connectivity index (χ2n) is 9.19. The minimum atomic E-state index is -4.62. The second-order valence-corrected chi connectivity index (χ2v) is 10.2. The van der Waals surface area contributed by atoms with E-state index in [2.05, 4.69) is 21.0 Å². The first-order valence-corrected chi connectivity index (χ1v) is 13.2. The Morgan fingerprint density at radius 2 is 2.00 bits per heavy atom. The molecule has 0 aliphatic carbocycles. The molecule has 1 fully saturated rings. The van der Waals surface area contributed by atoms with Crippen LogP contribution in [0.15, 0.2) is 29.2 Å². The third-order valence-corrected chi connectivity index (χ3v) is 7.69. The van der Waals surface area contributed by atoms with Crippen LogP contribution in [-0.4, -0.2) is 52.3 Å². The molecule has 2 N–H and O–H groups in total. The lowest BCUT2D eigenvalue weighted by Crippen LogP contribution is -2.37. The fraction of sp³-hybridized carbons (Fsp3) is 0.423. The predicted octanol–water partition coefficient (Wildman–Crippen LogP) is 2.26. The van der Waals surface area contributed by atoms with Crippen molar-refractivity contribution in [2.75, 3.05) is 31.5 Å². The van der Waals surface area contributed by atoms with E-state index in [0.29, 0.717) is 0 Å². The smallest absolute Gasteiger partial charge is 0.360 e. The number of aromatic nitrogens is 2. The number of nitriles is 1. The molecule has 0 spiro atoms. The van der Waals surface area contributed by atoms with Crippen molar-refractivity contribution >= 4 is 45.6 Å². The van der Waals surface area contributed by atoms with Crippen LogP contribution in [0.3, 0.4) is 0 Å². The number of hydrogen-bond donors (Lipinski definition) is 2. The van der Waals surface area contributed by atoms with Crippen molar-refractivity contribution in [3.05, 3.63) is 49.5 Å². The Bertz CT molecular complexity index is 1550. The minimum Gasteiger partial charge on any atom is -0.360 e. The van der Waals surface area contributed by atoms with Gasteiger partial charge in [-0.1, -0.05) is 0 Å². The third kappa shape index (κ3) is 6.11. The van der Waals surface area contributed by atoms with Gasteiger partial charge in [0.2, 0.25) is 0 Å². The van der Waals surface area contributed by atoms with Crippen molar-refractivity contribution in [1.29, 1.82) is 5.26 Å². The van der Waals surface area contributed by atoms with Crippen molar-refractivity contribution in [3.8, 4) is 6.07 Å². The molecule has 3 heterocycles. The molecule has 0 saturated carbocycles. The fourth-order valence-corrected chi connectivity index (χ4v) is 5.74.